The Morgan fingerprint density at radius 2 is 0.948 bits per heavy atom. The zero-order chi connectivity index (χ0) is 38.4. The fourth-order valence-electron chi connectivity index (χ4n) is 8.09. The van der Waals surface area contributed by atoms with Crippen molar-refractivity contribution in [2.75, 3.05) is 9.80 Å². The molecule has 0 bridgehead atoms. The summed E-state index contributed by atoms with van der Waals surface area (Å²) >= 11 is 0. The van der Waals surface area contributed by atoms with Crippen LogP contribution in [0.3, 0.4) is 0 Å². The highest BCUT2D eigenvalue weighted by molar-refractivity contribution is 6.11. The van der Waals surface area contributed by atoms with Crippen molar-refractivity contribution >= 4 is 77.9 Å². The quantitative estimate of drug-likeness (QED) is 0.155. The first-order chi connectivity index (χ1) is 28.7. The molecule has 0 fully saturated rings. The molecule has 11 rings (SSSR count). The van der Waals surface area contributed by atoms with Crippen LogP contribution in [0.15, 0.2) is 221 Å². The molecular weight excluding hydrogens is 711 g/mol. The lowest BCUT2D eigenvalue weighted by atomic mass is 10.0. The molecule has 0 spiro atoms. The number of rotatable bonds is 8. The van der Waals surface area contributed by atoms with Gasteiger partial charge in [0, 0.05) is 33.4 Å². The molecular formula is C53H35N3O2. The predicted molar refractivity (Wildman–Crippen MR) is 239 cm³/mol. The Hall–Kier alpha value is -7.89. The minimum Gasteiger partial charge on any atom is -0.454 e. The number of benzene rings is 9. The van der Waals surface area contributed by atoms with Crippen LogP contribution < -0.4 is 9.80 Å². The molecule has 0 amide bonds. The van der Waals surface area contributed by atoms with E-state index in [4.69, 9.17) is 13.8 Å². The van der Waals surface area contributed by atoms with Gasteiger partial charge in [-0.15, -0.1) is 0 Å². The van der Waals surface area contributed by atoms with Crippen molar-refractivity contribution < 1.29 is 8.83 Å². The standard InChI is InChI=1S/C53H35N3O2/c1-4-15-36(16-5-1)38-27-30-42(31-28-38)56(48-25-14-24-46-45-23-12-13-26-50(45)57-51(46)48)44-34-47-52(58-53(54-47)39-18-6-2-7-19-39)49(35-44)55(41-21-8-3-9-22-41)43-32-29-37-17-10-11-20-40(37)33-43/h1-35H. The van der Waals surface area contributed by atoms with Gasteiger partial charge in [-0.2, -0.15) is 0 Å². The van der Waals surface area contributed by atoms with E-state index in [9.17, 15) is 0 Å². The predicted octanol–water partition coefficient (Wildman–Crippen LogP) is 15.2. The Morgan fingerprint density at radius 3 is 1.74 bits per heavy atom. The van der Waals surface area contributed by atoms with Gasteiger partial charge in [-0.25, -0.2) is 4.98 Å². The van der Waals surface area contributed by atoms with Crippen LogP contribution in [0, 0.1) is 0 Å². The summed E-state index contributed by atoms with van der Waals surface area (Å²) < 4.78 is 13.5. The second-order valence-corrected chi connectivity index (χ2v) is 14.4. The number of anilines is 6. The zero-order valence-corrected chi connectivity index (χ0v) is 31.4. The Kier molecular flexibility index (Phi) is 8.07. The van der Waals surface area contributed by atoms with E-state index >= 15 is 0 Å². The minimum absolute atomic E-state index is 0.554. The molecule has 274 valence electrons. The maximum Gasteiger partial charge on any atom is 0.227 e. The van der Waals surface area contributed by atoms with E-state index in [1.807, 2.05) is 54.6 Å². The number of hydrogen-bond donors (Lipinski definition) is 0. The normalized spacial score (nSPS) is 11.4. The molecule has 0 atom stereocenters. The van der Waals surface area contributed by atoms with Crippen molar-refractivity contribution in [1.29, 1.82) is 0 Å². The van der Waals surface area contributed by atoms with Gasteiger partial charge in [0.05, 0.1) is 17.1 Å². The summed E-state index contributed by atoms with van der Waals surface area (Å²) in [7, 11) is 0. The maximum atomic E-state index is 6.83. The van der Waals surface area contributed by atoms with Gasteiger partial charge in [-0.3, -0.25) is 0 Å². The van der Waals surface area contributed by atoms with Crippen molar-refractivity contribution in [2.45, 2.75) is 0 Å². The summed E-state index contributed by atoms with van der Waals surface area (Å²) in [5, 5.41) is 4.45. The first kappa shape index (κ1) is 33.4. The summed E-state index contributed by atoms with van der Waals surface area (Å²) in [6, 6.07) is 73.8. The van der Waals surface area contributed by atoms with Gasteiger partial charge >= 0.3 is 0 Å². The summed E-state index contributed by atoms with van der Waals surface area (Å²) in [4.78, 5) is 9.76. The smallest absolute Gasteiger partial charge is 0.227 e. The van der Waals surface area contributed by atoms with Crippen LogP contribution in [0.1, 0.15) is 0 Å². The lowest BCUT2D eigenvalue weighted by Gasteiger charge is -2.29. The van der Waals surface area contributed by atoms with Gasteiger partial charge in [0.1, 0.15) is 11.1 Å². The molecule has 2 heterocycles. The van der Waals surface area contributed by atoms with Crippen LogP contribution in [-0.4, -0.2) is 4.98 Å². The molecule has 0 saturated carbocycles. The molecule has 0 aliphatic rings. The van der Waals surface area contributed by atoms with Crippen molar-refractivity contribution in [3.8, 4) is 22.6 Å². The summed E-state index contributed by atoms with van der Waals surface area (Å²) in [5.41, 5.74) is 11.9. The highest BCUT2D eigenvalue weighted by Gasteiger charge is 2.26. The van der Waals surface area contributed by atoms with Crippen molar-refractivity contribution in [1.82, 2.24) is 4.98 Å². The molecule has 0 N–H and O–H groups in total. The third-order valence-corrected chi connectivity index (χ3v) is 10.8. The lowest BCUT2D eigenvalue weighted by Crippen LogP contribution is -2.14. The van der Waals surface area contributed by atoms with E-state index < -0.39 is 0 Å². The van der Waals surface area contributed by atoms with Crippen LogP contribution in [0.2, 0.25) is 0 Å². The van der Waals surface area contributed by atoms with Crippen LogP contribution in [-0.2, 0) is 0 Å². The SMILES string of the molecule is c1ccc(-c2ccc(N(c3cc(N(c4ccccc4)c4ccc5ccccc5c4)c4oc(-c5ccccc5)nc4c3)c3cccc4c3oc3ccccc34)cc2)cc1. The number of oxazole rings is 1. The highest BCUT2D eigenvalue weighted by atomic mass is 16.3. The number of fused-ring (bicyclic) bond motifs is 5. The molecule has 0 unspecified atom stereocenters. The molecule has 5 heteroatoms. The van der Waals surface area contributed by atoms with Gasteiger partial charge in [0.25, 0.3) is 0 Å². The third-order valence-electron chi connectivity index (χ3n) is 10.8. The van der Waals surface area contributed by atoms with Crippen LogP contribution in [0.5, 0.6) is 0 Å². The molecule has 0 radical (unpaired) electrons. The molecule has 0 aliphatic carbocycles. The Labute approximate surface area is 335 Å². The molecule has 58 heavy (non-hydrogen) atoms. The maximum absolute atomic E-state index is 6.83. The van der Waals surface area contributed by atoms with E-state index in [1.165, 1.54) is 5.39 Å². The second-order valence-electron chi connectivity index (χ2n) is 14.4. The van der Waals surface area contributed by atoms with Crippen molar-refractivity contribution in [3.05, 3.63) is 212 Å². The summed E-state index contributed by atoms with van der Waals surface area (Å²) in [6.07, 6.45) is 0. The largest absolute Gasteiger partial charge is 0.454 e. The Balaban J connectivity index is 1.20. The monoisotopic (exact) mass is 745 g/mol. The van der Waals surface area contributed by atoms with E-state index in [-0.39, 0.29) is 0 Å². The first-order valence-electron chi connectivity index (χ1n) is 19.5. The van der Waals surface area contributed by atoms with Gasteiger partial charge < -0.3 is 18.6 Å². The van der Waals surface area contributed by atoms with E-state index in [1.54, 1.807) is 0 Å². The number of nitrogens with zero attached hydrogens (tertiary/aromatic N) is 3. The van der Waals surface area contributed by atoms with E-state index in [2.05, 4.69) is 168 Å². The number of para-hydroxylation sites is 3. The van der Waals surface area contributed by atoms with Crippen molar-refractivity contribution in [3.63, 3.8) is 0 Å². The fraction of sp³-hybridized carbons (Fsp3) is 0. The molecule has 2 aromatic heterocycles. The minimum atomic E-state index is 0.554. The fourth-order valence-corrected chi connectivity index (χ4v) is 8.09. The molecule has 9 aromatic carbocycles. The first-order valence-corrected chi connectivity index (χ1v) is 19.5. The average molecular weight is 746 g/mol. The topological polar surface area (TPSA) is 45.7 Å². The number of hydrogen-bond acceptors (Lipinski definition) is 5. The molecule has 5 nitrogen and oxygen atoms in total. The average Bonchev–Trinajstić information content (AvgIpc) is 3.91. The second kappa shape index (κ2) is 14.0. The number of furan rings is 1. The zero-order valence-electron chi connectivity index (χ0n) is 31.4. The molecule has 11 aromatic rings. The van der Waals surface area contributed by atoms with Gasteiger partial charge in [-0.1, -0.05) is 140 Å². The van der Waals surface area contributed by atoms with Crippen molar-refractivity contribution in [2.24, 2.45) is 0 Å². The highest BCUT2D eigenvalue weighted by Crippen LogP contribution is 2.48. The van der Waals surface area contributed by atoms with Crippen LogP contribution in [0.25, 0.3) is 66.4 Å². The molecule has 0 saturated heterocycles. The van der Waals surface area contributed by atoms with E-state index in [0.29, 0.717) is 11.5 Å². The van der Waals surface area contributed by atoms with Gasteiger partial charge in [-0.05, 0) is 94.7 Å². The van der Waals surface area contributed by atoms with E-state index in [0.717, 1.165) is 83.7 Å². The molecule has 0 aliphatic heterocycles. The lowest BCUT2D eigenvalue weighted by molar-refractivity contribution is 0.620. The van der Waals surface area contributed by atoms with Gasteiger partial charge in [0.2, 0.25) is 5.89 Å². The van der Waals surface area contributed by atoms with Gasteiger partial charge in [0.15, 0.2) is 11.2 Å². The Morgan fingerprint density at radius 1 is 0.345 bits per heavy atom. The van der Waals surface area contributed by atoms with Crippen LogP contribution >= 0.6 is 0 Å². The summed E-state index contributed by atoms with van der Waals surface area (Å²) in [5.74, 6) is 0.554. The van der Waals surface area contributed by atoms with Crippen LogP contribution in [0.4, 0.5) is 34.1 Å². The summed E-state index contributed by atoms with van der Waals surface area (Å²) in [6.45, 7) is 0. The third kappa shape index (κ3) is 5.85. The number of aromatic nitrogens is 1. The Bertz CT molecular complexity index is 3230.